The molecule has 0 saturated carbocycles. The van der Waals surface area contributed by atoms with Gasteiger partial charge in [0.1, 0.15) is 0 Å². The first-order valence-electron chi connectivity index (χ1n) is 6.97. The van der Waals surface area contributed by atoms with Crippen LogP contribution in [-0.4, -0.2) is 43.4 Å². The van der Waals surface area contributed by atoms with E-state index in [0.29, 0.717) is 23.8 Å². The van der Waals surface area contributed by atoms with E-state index in [1.807, 2.05) is 13.8 Å². The largest absolute Gasteiger partial charge is 0.399 e. The van der Waals surface area contributed by atoms with Gasteiger partial charge in [-0.3, -0.25) is 14.5 Å². The maximum absolute atomic E-state index is 11.9. The molecule has 0 spiro atoms. The Bertz CT molecular complexity index is 488. The third-order valence-corrected chi connectivity index (χ3v) is 2.70. The summed E-state index contributed by atoms with van der Waals surface area (Å²) in [6, 6.07) is 6.98. The molecule has 1 rings (SSSR count). The van der Waals surface area contributed by atoms with E-state index in [4.69, 9.17) is 5.73 Å². The molecule has 0 aromatic heterocycles. The summed E-state index contributed by atoms with van der Waals surface area (Å²) < 4.78 is 0. The van der Waals surface area contributed by atoms with Gasteiger partial charge in [-0.25, -0.2) is 0 Å². The molecule has 0 saturated heterocycles. The summed E-state index contributed by atoms with van der Waals surface area (Å²) in [5.41, 5.74) is 6.89. The van der Waals surface area contributed by atoms with Crippen molar-refractivity contribution in [2.24, 2.45) is 5.92 Å². The highest BCUT2D eigenvalue weighted by molar-refractivity contribution is 5.93. The zero-order valence-electron chi connectivity index (χ0n) is 12.8. The normalized spacial score (nSPS) is 10.7. The number of carbonyl (C=O) groups is 2. The van der Waals surface area contributed by atoms with Crippen LogP contribution >= 0.6 is 0 Å². The van der Waals surface area contributed by atoms with Crippen LogP contribution < -0.4 is 16.4 Å². The summed E-state index contributed by atoms with van der Waals surface area (Å²) in [6.45, 7) is 5.04. The minimum Gasteiger partial charge on any atom is -0.399 e. The van der Waals surface area contributed by atoms with Crippen LogP contribution in [0.3, 0.4) is 0 Å². The Balaban J connectivity index is 2.35. The Morgan fingerprint density at radius 3 is 2.52 bits per heavy atom. The van der Waals surface area contributed by atoms with Gasteiger partial charge in [0.15, 0.2) is 0 Å². The third kappa shape index (κ3) is 7.31. The van der Waals surface area contributed by atoms with Crippen LogP contribution in [0.15, 0.2) is 24.3 Å². The summed E-state index contributed by atoms with van der Waals surface area (Å²) in [5.74, 6) is 0.147. The fraction of sp³-hybridized carbons (Fsp3) is 0.467. The molecule has 21 heavy (non-hydrogen) atoms. The fourth-order valence-corrected chi connectivity index (χ4v) is 1.74. The molecule has 0 aliphatic carbocycles. The summed E-state index contributed by atoms with van der Waals surface area (Å²) >= 11 is 0. The Morgan fingerprint density at radius 2 is 1.90 bits per heavy atom. The Labute approximate surface area is 125 Å². The van der Waals surface area contributed by atoms with Crippen LogP contribution in [-0.2, 0) is 9.59 Å². The topological polar surface area (TPSA) is 87.5 Å². The first kappa shape index (κ1) is 17.0. The van der Waals surface area contributed by atoms with Gasteiger partial charge < -0.3 is 16.4 Å². The zero-order valence-corrected chi connectivity index (χ0v) is 12.8. The van der Waals surface area contributed by atoms with Gasteiger partial charge in [0, 0.05) is 17.9 Å². The molecule has 0 unspecified atom stereocenters. The van der Waals surface area contributed by atoms with Crippen LogP contribution in [0.5, 0.6) is 0 Å². The van der Waals surface area contributed by atoms with Gasteiger partial charge in [0.25, 0.3) is 0 Å². The average Bonchev–Trinajstić information content (AvgIpc) is 2.35. The standard InChI is InChI=1S/C15H24N4O2/c1-11(2)8-17-14(20)9-19(3)10-15(21)18-13-6-4-5-12(16)7-13/h4-7,11H,8-10,16H2,1-3H3,(H,17,20)(H,18,21). The molecule has 4 N–H and O–H groups in total. The molecule has 0 aliphatic heterocycles. The number of rotatable bonds is 7. The van der Waals surface area contributed by atoms with Gasteiger partial charge in [0.05, 0.1) is 13.1 Å². The molecule has 0 bridgehead atoms. The van der Waals surface area contributed by atoms with Crippen LogP contribution in [0.1, 0.15) is 13.8 Å². The van der Waals surface area contributed by atoms with E-state index in [9.17, 15) is 9.59 Å². The zero-order chi connectivity index (χ0) is 15.8. The highest BCUT2D eigenvalue weighted by Gasteiger charge is 2.11. The molecule has 1 aromatic carbocycles. The lowest BCUT2D eigenvalue weighted by molar-refractivity contribution is -0.123. The van der Waals surface area contributed by atoms with Crippen molar-refractivity contribution in [3.8, 4) is 0 Å². The molecule has 1 aromatic rings. The van der Waals surface area contributed by atoms with E-state index in [1.165, 1.54) is 0 Å². The molecular weight excluding hydrogens is 268 g/mol. The lowest BCUT2D eigenvalue weighted by Gasteiger charge is -2.16. The van der Waals surface area contributed by atoms with Crippen molar-refractivity contribution < 1.29 is 9.59 Å². The van der Waals surface area contributed by atoms with Gasteiger partial charge in [0.2, 0.25) is 11.8 Å². The van der Waals surface area contributed by atoms with E-state index in [-0.39, 0.29) is 24.9 Å². The average molecular weight is 292 g/mol. The summed E-state index contributed by atoms with van der Waals surface area (Å²) in [6.07, 6.45) is 0. The minimum absolute atomic E-state index is 0.0806. The second kappa shape index (κ2) is 8.26. The lowest BCUT2D eigenvalue weighted by atomic mass is 10.2. The van der Waals surface area contributed by atoms with Crippen molar-refractivity contribution in [2.45, 2.75) is 13.8 Å². The summed E-state index contributed by atoms with van der Waals surface area (Å²) in [5, 5.41) is 5.56. The molecule has 2 amide bonds. The Hall–Kier alpha value is -2.08. The maximum atomic E-state index is 11.9. The van der Waals surface area contributed by atoms with Crippen molar-refractivity contribution >= 4 is 23.2 Å². The quantitative estimate of drug-likeness (QED) is 0.652. The lowest BCUT2D eigenvalue weighted by Crippen LogP contribution is -2.39. The molecule has 0 heterocycles. The number of hydrogen-bond donors (Lipinski definition) is 3. The van der Waals surface area contributed by atoms with E-state index in [2.05, 4.69) is 10.6 Å². The number of nitrogens with zero attached hydrogens (tertiary/aromatic N) is 1. The van der Waals surface area contributed by atoms with Crippen LogP contribution in [0.2, 0.25) is 0 Å². The Kier molecular flexibility index (Phi) is 6.68. The highest BCUT2D eigenvalue weighted by atomic mass is 16.2. The molecule has 0 radical (unpaired) electrons. The molecule has 0 atom stereocenters. The number of likely N-dealkylation sites (N-methyl/N-ethyl adjacent to an activating group) is 1. The number of carbonyl (C=O) groups excluding carboxylic acids is 2. The van der Waals surface area contributed by atoms with Crippen molar-refractivity contribution in [2.75, 3.05) is 37.7 Å². The van der Waals surface area contributed by atoms with Crippen LogP contribution in [0.25, 0.3) is 0 Å². The predicted octanol–water partition coefficient (Wildman–Crippen LogP) is 0.911. The van der Waals surface area contributed by atoms with E-state index in [0.717, 1.165) is 0 Å². The monoisotopic (exact) mass is 292 g/mol. The van der Waals surface area contributed by atoms with Crippen molar-refractivity contribution in [1.29, 1.82) is 0 Å². The van der Waals surface area contributed by atoms with Crippen LogP contribution in [0.4, 0.5) is 11.4 Å². The van der Waals surface area contributed by atoms with E-state index < -0.39 is 0 Å². The number of hydrogen-bond acceptors (Lipinski definition) is 4. The van der Waals surface area contributed by atoms with Crippen molar-refractivity contribution in [3.05, 3.63) is 24.3 Å². The van der Waals surface area contributed by atoms with Gasteiger partial charge in [-0.1, -0.05) is 19.9 Å². The Morgan fingerprint density at radius 1 is 1.24 bits per heavy atom. The SMILES string of the molecule is CC(C)CNC(=O)CN(C)CC(=O)Nc1cccc(N)c1. The molecule has 0 fully saturated rings. The fourth-order valence-electron chi connectivity index (χ4n) is 1.74. The van der Waals surface area contributed by atoms with Gasteiger partial charge >= 0.3 is 0 Å². The first-order chi connectivity index (χ1) is 9.86. The second-order valence-electron chi connectivity index (χ2n) is 5.54. The summed E-state index contributed by atoms with van der Waals surface area (Å²) in [7, 11) is 1.73. The maximum Gasteiger partial charge on any atom is 0.238 e. The number of nitrogens with two attached hydrogens (primary N) is 1. The number of anilines is 2. The van der Waals surface area contributed by atoms with E-state index >= 15 is 0 Å². The van der Waals surface area contributed by atoms with E-state index in [1.54, 1.807) is 36.2 Å². The third-order valence-electron chi connectivity index (χ3n) is 2.70. The van der Waals surface area contributed by atoms with Gasteiger partial charge in [-0.05, 0) is 31.2 Å². The van der Waals surface area contributed by atoms with Gasteiger partial charge in [-0.15, -0.1) is 0 Å². The summed E-state index contributed by atoms with van der Waals surface area (Å²) in [4.78, 5) is 25.2. The number of amides is 2. The second-order valence-corrected chi connectivity index (χ2v) is 5.54. The number of nitrogens with one attached hydrogen (secondary N) is 2. The smallest absolute Gasteiger partial charge is 0.238 e. The van der Waals surface area contributed by atoms with Gasteiger partial charge in [-0.2, -0.15) is 0 Å². The molecule has 0 aliphatic rings. The highest BCUT2D eigenvalue weighted by Crippen LogP contribution is 2.11. The van der Waals surface area contributed by atoms with Crippen LogP contribution in [0, 0.1) is 5.92 Å². The number of benzene rings is 1. The van der Waals surface area contributed by atoms with Crippen molar-refractivity contribution in [1.82, 2.24) is 10.2 Å². The minimum atomic E-state index is -0.181. The predicted molar refractivity (Wildman–Crippen MR) is 84.8 cm³/mol. The number of nitrogen functional groups attached to an aromatic ring is 1. The molecule has 116 valence electrons. The molecular formula is C15H24N4O2. The molecule has 6 nitrogen and oxygen atoms in total. The molecule has 6 heteroatoms. The van der Waals surface area contributed by atoms with Crippen molar-refractivity contribution in [3.63, 3.8) is 0 Å². The first-order valence-corrected chi connectivity index (χ1v) is 6.97.